The van der Waals surface area contributed by atoms with Gasteiger partial charge in [0.25, 0.3) is 5.17 Å². The third kappa shape index (κ3) is 5.11. The maximum absolute atomic E-state index is 14.7. The quantitative estimate of drug-likeness (QED) is 0.550. The molecular weight excluding hydrogens is 401 g/mol. The van der Waals surface area contributed by atoms with Crippen LogP contribution in [0.2, 0.25) is 0 Å². The van der Waals surface area contributed by atoms with Crippen LogP contribution in [-0.2, 0) is 14.3 Å². The lowest BCUT2D eigenvalue weighted by atomic mass is 10.2. The number of ether oxygens (including phenoxy) is 2. The standard InChI is InChI=1S/C18H22FN5O4S/c1-12(2)27-17(29)20-8-14-9-24(18(26)28-14)13-3-4-16(15(19)7-13)22-5-6-23(11-25)21-10-22/h3-4,7,10-12,14H,5-6,8-9H2,1-2H3,(H,20,29). The van der Waals surface area contributed by atoms with E-state index in [0.717, 1.165) is 0 Å². The highest BCUT2D eigenvalue weighted by Crippen LogP contribution is 2.28. The summed E-state index contributed by atoms with van der Waals surface area (Å²) < 4.78 is 25.3. The van der Waals surface area contributed by atoms with Gasteiger partial charge < -0.3 is 19.7 Å². The molecule has 156 valence electrons. The number of carbonyl (C=O) groups excluding carboxylic acids is 2. The average Bonchev–Trinajstić information content (AvgIpc) is 3.06. The van der Waals surface area contributed by atoms with Crippen LogP contribution in [0.1, 0.15) is 13.8 Å². The van der Waals surface area contributed by atoms with E-state index >= 15 is 0 Å². The SMILES string of the molecule is CC(C)OC(=S)NCC1CN(c2ccc(N3C=NN(C=O)CC3)c(F)c2)C(=O)O1. The minimum Gasteiger partial charge on any atom is -0.468 e. The lowest BCUT2D eigenvalue weighted by molar-refractivity contribution is -0.118. The lowest BCUT2D eigenvalue weighted by Crippen LogP contribution is -2.37. The fourth-order valence-electron chi connectivity index (χ4n) is 2.91. The highest BCUT2D eigenvalue weighted by molar-refractivity contribution is 7.80. The van der Waals surface area contributed by atoms with Gasteiger partial charge in [0.1, 0.15) is 18.3 Å². The zero-order valence-corrected chi connectivity index (χ0v) is 16.9. The van der Waals surface area contributed by atoms with E-state index in [0.29, 0.717) is 37.4 Å². The van der Waals surface area contributed by atoms with Crippen LogP contribution in [0.15, 0.2) is 23.3 Å². The van der Waals surface area contributed by atoms with E-state index in [1.54, 1.807) is 17.0 Å². The Kier molecular flexibility index (Phi) is 6.47. The van der Waals surface area contributed by atoms with Gasteiger partial charge in [-0.05, 0) is 44.3 Å². The van der Waals surface area contributed by atoms with E-state index in [2.05, 4.69) is 10.4 Å². The number of hydrogen-bond acceptors (Lipinski definition) is 7. The zero-order chi connectivity index (χ0) is 21.0. The van der Waals surface area contributed by atoms with E-state index < -0.39 is 18.0 Å². The number of nitrogens with zero attached hydrogens (tertiary/aromatic N) is 4. The topological polar surface area (TPSA) is 86.7 Å². The Bertz CT molecular complexity index is 821. The minimum atomic E-state index is -0.555. The van der Waals surface area contributed by atoms with Crippen LogP contribution in [0.4, 0.5) is 20.6 Å². The maximum Gasteiger partial charge on any atom is 0.414 e. The van der Waals surface area contributed by atoms with Crippen LogP contribution in [-0.4, -0.2) is 67.4 Å². The van der Waals surface area contributed by atoms with E-state index in [9.17, 15) is 14.0 Å². The van der Waals surface area contributed by atoms with Gasteiger partial charge in [-0.15, -0.1) is 0 Å². The number of hydrazone groups is 1. The second-order valence-electron chi connectivity index (χ2n) is 6.78. The largest absolute Gasteiger partial charge is 0.468 e. The fraction of sp³-hybridized carbons (Fsp3) is 0.444. The van der Waals surface area contributed by atoms with Gasteiger partial charge in [-0.3, -0.25) is 9.69 Å². The Morgan fingerprint density at radius 2 is 2.28 bits per heavy atom. The fourth-order valence-corrected chi connectivity index (χ4v) is 3.18. The summed E-state index contributed by atoms with van der Waals surface area (Å²) in [7, 11) is 0. The molecule has 2 amide bonds. The monoisotopic (exact) mass is 423 g/mol. The number of cyclic esters (lactones) is 1. The predicted molar refractivity (Wildman–Crippen MR) is 109 cm³/mol. The van der Waals surface area contributed by atoms with Crippen LogP contribution in [0.3, 0.4) is 0 Å². The van der Waals surface area contributed by atoms with Crippen molar-refractivity contribution in [1.82, 2.24) is 10.3 Å². The van der Waals surface area contributed by atoms with Crippen LogP contribution in [0.5, 0.6) is 0 Å². The number of amides is 2. The van der Waals surface area contributed by atoms with Crippen molar-refractivity contribution in [3.8, 4) is 0 Å². The van der Waals surface area contributed by atoms with Crippen molar-refractivity contribution >= 4 is 47.6 Å². The molecule has 1 saturated heterocycles. The zero-order valence-electron chi connectivity index (χ0n) is 16.1. The van der Waals surface area contributed by atoms with Gasteiger partial charge >= 0.3 is 6.09 Å². The Balaban J connectivity index is 1.62. The van der Waals surface area contributed by atoms with Crippen molar-refractivity contribution in [3.05, 3.63) is 24.0 Å². The molecule has 1 fully saturated rings. The average molecular weight is 423 g/mol. The number of rotatable bonds is 6. The summed E-state index contributed by atoms with van der Waals surface area (Å²) in [5.74, 6) is -0.505. The van der Waals surface area contributed by atoms with Crippen LogP contribution >= 0.6 is 12.2 Å². The molecule has 0 spiro atoms. The first-order valence-electron chi connectivity index (χ1n) is 9.12. The molecule has 11 heteroatoms. The first-order chi connectivity index (χ1) is 13.9. The Morgan fingerprint density at radius 3 is 2.90 bits per heavy atom. The van der Waals surface area contributed by atoms with E-state index in [1.807, 2.05) is 13.8 Å². The Hall–Kier alpha value is -2.95. The summed E-state index contributed by atoms with van der Waals surface area (Å²) in [5, 5.41) is 8.28. The molecule has 29 heavy (non-hydrogen) atoms. The summed E-state index contributed by atoms with van der Waals surface area (Å²) in [5.41, 5.74) is 0.702. The third-order valence-corrected chi connectivity index (χ3v) is 4.51. The van der Waals surface area contributed by atoms with Gasteiger partial charge in [0.05, 0.1) is 37.1 Å². The molecule has 1 aromatic carbocycles. The van der Waals surface area contributed by atoms with Gasteiger partial charge in [-0.25, -0.2) is 14.2 Å². The predicted octanol–water partition coefficient (Wildman–Crippen LogP) is 1.67. The molecule has 0 bridgehead atoms. The molecule has 2 aliphatic rings. The molecule has 1 aromatic rings. The second kappa shape index (κ2) is 9.03. The molecule has 0 aromatic heterocycles. The second-order valence-corrected chi connectivity index (χ2v) is 7.15. The summed E-state index contributed by atoms with van der Waals surface area (Å²) in [6.07, 6.45) is 0.956. The van der Waals surface area contributed by atoms with Gasteiger partial charge in [0, 0.05) is 6.54 Å². The van der Waals surface area contributed by atoms with Crippen molar-refractivity contribution in [2.24, 2.45) is 5.10 Å². The normalized spacial score (nSPS) is 18.8. The molecule has 1 N–H and O–H groups in total. The molecule has 1 atom stereocenters. The molecular formula is C18H22FN5O4S. The minimum absolute atomic E-state index is 0.0504. The summed E-state index contributed by atoms with van der Waals surface area (Å²) >= 11 is 5.05. The summed E-state index contributed by atoms with van der Waals surface area (Å²) in [6, 6.07) is 4.48. The molecule has 3 rings (SSSR count). The van der Waals surface area contributed by atoms with Gasteiger partial charge in [-0.2, -0.15) is 5.10 Å². The Morgan fingerprint density at radius 1 is 1.48 bits per heavy atom. The first kappa shape index (κ1) is 20.8. The smallest absolute Gasteiger partial charge is 0.414 e. The number of benzene rings is 1. The first-order valence-corrected chi connectivity index (χ1v) is 9.53. The maximum atomic E-state index is 14.7. The van der Waals surface area contributed by atoms with Crippen LogP contribution in [0, 0.1) is 5.82 Å². The van der Waals surface area contributed by atoms with E-state index in [1.165, 1.54) is 22.3 Å². The van der Waals surface area contributed by atoms with Crippen molar-refractivity contribution in [2.45, 2.75) is 26.1 Å². The number of anilines is 2. The van der Waals surface area contributed by atoms with E-state index in [4.69, 9.17) is 21.7 Å². The molecule has 0 radical (unpaired) electrons. The highest BCUT2D eigenvalue weighted by atomic mass is 32.1. The van der Waals surface area contributed by atoms with Gasteiger partial charge in [0.2, 0.25) is 6.41 Å². The molecule has 9 nitrogen and oxygen atoms in total. The summed E-state index contributed by atoms with van der Waals surface area (Å²) in [4.78, 5) is 25.9. The highest BCUT2D eigenvalue weighted by Gasteiger charge is 2.33. The van der Waals surface area contributed by atoms with Gasteiger partial charge in [0.15, 0.2) is 0 Å². The van der Waals surface area contributed by atoms with Crippen molar-refractivity contribution < 1.29 is 23.5 Å². The summed E-state index contributed by atoms with van der Waals surface area (Å²) in [6.45, 7) is 5.04. The third-order valence-electron chi connectivity index (χ3n) is 4.27. The number of carbonyl (C=O) groups is 2. The number of thiocarbonyl (C=S) groups is 1. The molecule has 2 aliphatic heterocycles. The van der Waals surface area contributed by atoms with Crippen molar-refractivity contribution in [1.29, 1.82) is 0 Å². The molecule has 1 unspecified atom stereocenters. The lowest BCUT2D eigenvalue weighted by Gasteiger charge is -2.27. The number of halogens is 1. The number of hydrogen-bond donors (Lipinski definition) is 1. The number of nitrogens with one attached hydrogen (secondary N) is 1. The molecule has 2 heterocycles. The van der Waals surface area contributed by atoms with Crippen LogP contribution < -0.4 is 15.1 Å². The van der Waals surface area contributed by atoms with Crippen molar-refractivity contribution in [3.63, 3.8) is 0 Å². The van der Waals surface area contributed by atoms with E-state index in [-0.39, 0.29) is 17.8 Å². The Labute approximate surface area is 173 Å². The van der Waals surface area contributed by atoms with Gasteiger partial charge in [-0.1, -0.05) is 0 Å². The molecule has 0 aliphatic carbocycles. The van der Waals surface area contributed by atoms with Crippen molar-refractivity contribution in [2.75, 3.05) is 36.0 Å². The van der Waals surface area contributed by atoms with Crippen LogP contribution in [0.25, 0.3) is 0 Å². The molecule has 0 saturated carbocycles.